The van der Waals surface area contributed by atoms with Gasteiger partial charge in [0.25, 0.3) is 0 Å². The van der Waals surface area contributed by atoms with Crippen molar-refractivity contribution < 1.29 is 18.3 Å². The molecule has 0 amide bonds. The lowest BCUT2D eigenvalue weighted by molar-refractivity contribution is -0.141. The molecule has 1 N–H and O–H groups in total. The quantitative estimate of drug-likeness (QED) is 0.913. The molecule has 0 saturated carbocycles. The van der Waals surface area contributed by atoms with E-state index < -0.39 is 11.9 Å². The van der Waals surface area contributed by atoms with Crippen molar-refractivity contribution in [2.24, 2.45) is 0 Å². The minimum Gasteiger partial charge on any atom is -0.392 e. The average molecular weight is 286 g/mol. The van der Waals surface area contributed by atoms with Crippen molar-refractivity contribution in [1.29, 1.82) is 0 Å². The van der Waals surface area contributed by atoms with Crippen LogP contribution >= 0.6 is 0 Å². The third-order valence-corrected chi connectivity index (χ3v) is 2.54. The Morgan fingerprint density at radius 2 is 1.70 bits per heavy atom. The SMILES string of the molecule is CC.Cc1cc(C(F)(F)F)nn1-c1ccc(CO)cc1. The van der Waals surface area contributed by atoms with Gasteiger partial charge in [-0.05, 0) is 30.7 Å². The predicted octanol–water partition coefficient (Wildman–Crippen LogP) is 3.72. The molecule has 1 aromatic carbocycles. The Balaban J connectivity index is 0.000000956. The van der Waals surface area contributed by atoms with Gasteiger partial charge >= 0.3 is 6.18 Å². The monoisotopic (exact) mass is 286 g/mol. The van der Waals surface area contributed by atoms with Crippen molar-refractivity contribution in [2.45, 2.75) is 33.6 Å². The van der Waals surface area contributed by atoms with Crippen molar-refractivity contribution in [3.05, 3.63) is 47.3 Å². The van der Waals surface area contributed by atoms with E-state index in [1.807, 2.05) is 13.8 Å². The topological polar surface area (TPSA) is 38.0 Å². The number of aliphatic hydroxyl groups is 1. The molecule has 0 bridgehead atoms. The second kappa shape index (κ2) is 6.56. The Bertz CT molecular complexity index is 545. The summed E-state index contributed by atoms with van der Waals surface area (Å²) < 4.78 is 38.7. The second-order valence-corrected chi connectivity index (χ2v) is 3.91. The van der Waals surface area contributed by atoms with Gasteiger partial charge in [0.2, 0.25) is 0 Å². The number of aliphatic hydroxyl groups excluding tert-OH is 1. The number of halogens is 3. The Morgan fingerprint density at radius 1 is 1.15 bits per heavy atom. The van der Waals surface area contributed by atoms with E-state index in [0.29, 0.717) is 16.9 Å². The highest BCUT2D eigenvalue weighted by molar-refractivity contribution is 5.36. The molecule has 0 fully saturated rings. The minimum absolute atomic E-state index is 0.105. The molecule has 0 saturated heterocycles. The van der Waals surface area contributed by atoms with Crippen molar-refractivity contribution >= 4 is 0 Å². The fraction of sp³-hybridized carbons (Fsp3) is 0.357. The van der Waals surface area contributed by atoms with Crippen LogP contribution < -0.4 is 0 Å². The van der Waals surface area contributed by atoms with Crippen LogP contribution in [0.25, 0.3) is 5.69 Å². The van der Waals surface area contributed by atoms with Gasteiger partial charge in [0, 0.05) is 5.69 Å². The molecule has 6 heteroatoms. The first-order valence-corrected chi connectivity index (χ1v) is 6.26. The van der Waals surface area contributed by atoms with Crippen LogP contribution in [0.5, 0.6) is 0 Å². The molecule has 0 spiro atoms. The summed E-state index contributed by atoms with van der Waals surface area (Å²) in [7, 11) is 0. The Kier molecular flexibility index (Phi) is 5.33. The van der Waals surface area contributed by atoms with Crippen molar-refractivity contribution in [3.63, 3.8) is 0 Å². The molecular formula is C14H17F3N2O. The summed E-state index contributed by atoms with van der Waals surface area (Å²) in [6.07, 6.45) is -4.44. The first-order valence-electron chi connectivity index (χ1n) is 6.26. The standard InChI is InChI=1S/C12H11F3N2O.C2H6/c1-8-6-11(12(13,14)15)16-17(8)10-4-2-9(7-18)3-5-10;1-2/h2-6,18H,7H2,1H3;1-2H3. The largest absolute Gasteiger partial charge is 0.435 e. The maximum absolute atomic E-state index is 12.5. The zero-order chi connectivity index (χ0) is 15.3. The number of aryl methyl sites for hydroxylation is 1. The Morgan fingerprint density at radius 3 is 2.10 bits per heavy atom. The van der Waals surface area contributed by atoms with Gasteiger partial charge in [-0.3, -0.25) is 0 Å². The molecule has 1 heterocycles. The number of benzene rings is 1. The molecule has 2 aromatic rings. The maximum atomic E-state index is 12.5. The van der Waals surface area contributed by atoms with Gasteiger partial charge in [-0.1, -0.05) is 26.0 Å². The maximum Gasteiger partial charge on any atom is 0.435 e. The zero-order valence-corrected chi connectivity index (χ0v) is 11.6. The van der Waals surface area contributed by atoms with E-state index in [0.717, 1.165) is 6.07 Å². The molecule has 1 aromatic heterocycles. The lowest BCUT2D eigenvalue weighted by Crippen LogP contribution is -2.07. The molecule has 20 heavy (non-hydrogen) atoms. The normalized spacial score (nSPS) is 10.9. The van der Waals surface area contributed by atoms with E-state index in [4.69, 9.17) is 5.11 Å². The Hall–Kier alpha value is -1.82. The van der Waals surface area contributed by atoms with Crippen molar-refractivity contribution in [1.82, 2.24) is 9.78 Å². The van der Waals surface area contributed by atoms with Gasteiger partial charge in [0.1, 0.15) is 0 Å². The summed E-state index contributed by atoms with van der Waals surface area (Å²) in [5.41, 5.74) is 0.713. The second-order valence-electron chi connectivity index (χ2n) is 3.91. The smallest absolute Gasteiger partial charge is 0.392 e. The van der Waals surface area contributed by atoms with E-state index >= 15 is 0 Å². The molecule has 0 atom stereocenters. The fourth-order valence-corrected chi connectivity index (χ4v) is 1.62. The Labute approximate surface area is 115 Å². The molecule has 0 aliphatic carbocycles. The van der Waals surface area contributed by atoms with Crippen LogP contribution in [0.3, 0.4) is 0 Å². The van der Waals surface area contributed by atoms with Gasteiger partial charge in [-0.15, -0.1) is 0 Å². The molecular weight excluding hydrogens is 269 g/mol. The van der Waals surface area contributed by atoms with Crippen LogP contribution in [0, 0.1) is 6.92 Å². The first-order chi connectivity index (χ1) is 9.41. The van der Waals surface area contributed by atoms with Crippen LogP contribution in [-0.4, -0.2) is 14.9 Å². The van der Waals surface area contributed by atoms with Gasteiger partial charge in [0.15, 0.2) is 5.69 Å². The van der Waals surface area contributed by atoms with Crippen LogP contribution in [0.1, 0.15) is 30.8 Å². The van der Waals surface area contributed by atoms with Gasteiger partial charge in [-0.2, -0.15) is 18.3 Å². The molecule has 0 unspecified atom stereocenters. The number of rotatable bonds is 2. The predicted molar refractivity (Wildman–Crippen MR) is 70.6 cm³/mol. The third-order valence-electron chi connectivity index (χ3n) is 2.54. The molecule has 0 aliphatic heterocycles. The van der Waals surface area contributed by atoms with E-state index in [2.05, 4.69) is 5.10 Å². The molecule has 2 rings (SSSR count). The highest BCUT2D eigenvalue weighted by Crippen LogP contribution is 2.29. The van der Waals surface area contributed by atoms with E-state index in [-0.39, 0.29) is 6.61 Å². The van der Waals surface area contributed by atoms with Crippen LogP contribution in [0.2, 0.25) is 0 Å². The summed E-state index contributed by atoms with van der Waals surface area (Å²) in [5, 5.41) is 12.4. The van der Waals surface area contributed by atoms with E-state index in [1.165, 1.54) is 4.68 Å². The van der Waals surface area contributed by atoms with Crippen LogP contribution in [0.4, 0.5) is 13.2 Å². The summed E-state index contributed by atoms with van der Waals surface area (Å²) in [6, 6.07) is 7.52. The number of alkyl halides is 3. The zero-order valence-electron chi connectivity index (χ0n) is 11.6. The molecule has 110 valence electrons. The van der Waals surface area contributed by atoms with Crippen LogP contribution in [0.15, 0.2) is 30.3 Å². The van der Waals surface area contributed by atoms with Crippen molar-refractivity contribution in [3.8, 4) is 5.69 Å². The summed E-state index contributed by atoms with van der Waals surface area (Å²) in [4.78, 5) is 0. The molecule has 3 nitrogen and oxygen atoms in total. The third kappa shape index (κ3) is 3.60. The van der Waals surface area contributed by atoms with Crippen molar-refractivity contribution in [2.75, 3.05) is 0 Å². The number of hydrogen-bond donors (Lipinski definition) is 1. The number of aromatic nitrogens is 2. The lowest BCUT2D eigenvalue weighted by atomic mass is 10.2. The highest BCUT2D eigenvalue weighted by atomic mass is 19.4. The minimum atomic E-state index is -4.44. The first kappa shape index (κ1) is 16.2. The average Bonchev–Trinajstić information content (AvgIpc) is 2.83. The number of nitrogens with zero attached hydrogens (tertiary/aromatic N) is 2. The highest BCUT2D eigenvalue weighted by Gasteiger charge is 2.34. The van der Waals surface area contributed by atoms with E-state index in [1.54, 1.807) is 31.2 Å². The molecule has 0 radical (unpaired) electrons. The lowest BCUT2D eigenvalue weighted by Gasteiger charge is -2.05. The van der Waals surface area contributed by atoms with Gasteiger partial charge in [0.05, 0.1) is 12.3 Å². The fourth-order valence-electron chi connectivity index (χ4n) is 1.62. The summed E-state index contributed by atoms with van der Waals surface area (Å²) in [6.45, 7) is 5.45. The summed E-state index contributed by atoms with van der Waals surface area (Å²) >= 11 is 0. The summed E-state index contributed by atoms with van der Waals surface area (Å²) in [5.74, 6) is 0. The van der Waals surface area contributed by atoms with Crippen LogP contribution in [-0.2, 0) is 12.8 Å². The van der Waals surface area contributed by atoms with E-state index in [9.17, 15) is 13.2 Å². The number of hydrogen-bond acceptors (Lipinski definition) is 2. The van der Waals surface area contributed by atoms with Gasteiger partial charge in [-0.25, -0.2) is 4.68 Å². The molecule has 0 aliphatic rings. The van der Waals surface area contributed by atoms with Gasteiger partial charge < -0.3 is 5.11 Å².